The molecule has 0 bridgehead atoms. The molecule has 0 aliphatic carbocycles. The molecule has 0 saturated carbocycles. The molecule has 0 amide bonds. The van der Waals surface area contributed by atoms with Crippen LogP contribution in [-0.2, 0) is 11.3 Å². The quantitative estimate of drug-likeness (QED) is 0.649. The Labute approximate surface area is 141 Å². The molecule has 1 atom stereocenters. The van der Waals surface area contributed by atoms with Gasteiger partial charge in [0.25, 0.3) is 0 Å². The Morgan fingerprint density at radius 1 is 1.50 bits per heavy atom. The Balaban J connectivity index is 1.87. The molecule has 1 saturated heterocycles. The van der Waals surface area contributed by atoms with Crippen LogP contribution in [-0.4, -0.2) is 69.2 Å². The van der Waals surface area contributed by atoms with Gasteiger partial charge < -0.3 is 19.9 Å². The maximum atomic E-state index is 5.78. The van der Waals surface area contributed by atoms with E-state index < -0.39 is 0 Å². The van der Waals surface area contributed by atoms with Crippen LogP contribution in [0.25, 0.3) is 0 Å². The fraction of sp³-hybridized carbons (Fsp3) is 0.562. The minimum Gasteiger partial charge on any atom is -0.374 e. The SMILES string of the molecule is CN=C(NCC1CN(C)CCO1)N(C)Cc1ccccc1Br. The van der Waals surface area contributed by atoms with E-state index in [1.165, 1.54) is 5.56 Å². The zero-order chi connectivity index (χ0) is 15.9. The van der Waals surface area contributed by atoms with Gasteiger partial charge in [-0.1, -0.05) is 34.1 Å². The normalized spacial score (nSPS) is 20.0. The van der Waals surface area contributed by atoms with Gasteiger partial charge in [0.05, 0.1) is 12.7 Å². The molecule has 6 heteroatoms. The number of nitrogens with zero attached hydrogens (tertiary/aromatic N) is 3. The minimum atomic E-state index is 0.215. The zero-order valence-electron chi connectivity index (χ0n) is 13.6. The van der Waals surface area contributed by atoms with Crippen LogP contribution in [0, 0.1) is 0 Å². The standard InChI is InChI=1S/C16H25BrN4O/c1-18-16(19-10-14-12-20(2)8-9-22-14)21(3)11-13-6-4-5-7-15(13)17/h4-7,14H,8-12H2,1-3H3,(H,18,19). The van der Waals surface area contributed by atoms with Crippen LogP contribution >= 0.6 is 15.9 Å². The highest BCUT2D eigenvalue weighted by Gasteiger charge is 2.18. The van der Waals surface area contributed by atoms with Gasteiger partial charge in [-0.15, -0.1) is 0 Å². The first-order chi connectivity index (χ1) is 10.6. The average Bonchev–Trinajstić information content (AvgIpc) is 2.50. The summed E-state index contributed by atoms with van der Waals surface area (Å²) < 4.78 is 6.90. The third-order valence-electron chi connectivity index (χ3n) is 3.77. The largest absolute Gasteiger partial charge is 0.374 e. The van der Waals surface area contributed by atoms with Crippen molar-refractivity contribution in [3.8, 4) is 0 Å². The molecule has 1 aromatic carbocycles. The summed E-state index contributed by atoms with van der Waals surface area (Å²) in [5.74, 6) is 0.882. The third-order valence-corrected chi connectivity index (χ3v) is 4.54. The second-order valence-corrected chi connectivity index (χ2v) is 6.48. The van der Waals surface area contributed by atoms with E-state index in [4.69, 9.17) is 4.74 Å². The lowest BCUT2D eigenvalue weighted by molar-refractivity contribution is -0.0163. The number of aliphatic imine (C=N–C) groups is 1. The van der Waals surface area contributed by atoms with E-state index in [0.29, 0.717) is 0 Å². The maximum Gasteiger partial charge on any atom is 0.193 e. The Kier molecular flexibility index (Phi) is 6.67. The number of morpholine rings is 1. The zero-order valence-corrected chi connectivity index (χ0v) is 15.1. The lowest BCUT2D eigenvalue weighted by Gasteiger charge is -2.31. The molecule has 0 spiro atoms. The molecular formula is C16H25BrN4O. The van der Waals surface area contributed by atoms with Crippen molar-refractivity contribution in [2.75, 3.05) is 47.4 Å². The number of hydrogen-bond donors (Lipinski definition) is 1. The first kappa shape index (κ1) is 17.2. The van der Waals surface area contributed by atoms with Crippen LogP contribution in [0.1, 0.15) is 5.56 Å². The van der Waals surface area contributed by atoms with E-state index in [-0.39, 0.29) is 6.10 Å². The van der Waals surface area contributed by atoms with Crippen LogP contribution in [0.5, 0.6) is 0 Å². The Hall–Kier alpha value is -1.11. The highest BCUT2D eigenvalue weighted by atomic mass is 79.9. The number of likely N-dealkylation sites (N-methyl/N-ethyl adjacent to an activating group) is 1. The molecule has 1 aliphatic heterocycles. The molecule has 1 aromatic rings. The number of rotatable bonds is 4. The summed E-state index contributed by atoms with van der Waals surface area (Å²) in [6.07, 6.45) is 0.215. The molecule has 0 radical (unpaired) electrons. The van der Waals surface area contributed by atoms with Crippen LogP contribution in [0.3, 0.4) is 0 Å². The fourth-order valence-corrected chi connectivity index (χ4v) is 2.95. The molecule has 122 valence electrons. The second kappa shape index (κ2) is 8.50. The van der Waals surface area contributed by atoms with E-state index in [1.54, 1.807) is 0 Å². The summed E-state index contributed by atoms with van der Waals surface area (Å²) in [4.78, 5) is 8.78. The highest BCUT2D eigenvalue weighted by molar-refractivity contribution is 9.10. The van der Waals surface area contributed by atoms with E-state index >= 15 is 0 Å². The number of nitrogens with one attached hydrogen (secondary N) is 1. The Morgan fingerprint density at radius 3 is 2.95 bits per heavy atom. The Bertz CT molecular complexity index is 509. The first-order valence-corrected chi connectivity index (χ1v) is 8.34. The molecule has 0 aromatic heterocycles. The van der Waals surface area contributed by atoms with E-state index in [1.807, 2.05) is 20.2 Å². The van der Waals surface area contributed by atoms with E-state index in [2.05, 4.69) is 61.3 Å². The van der Waals surface area contributed by atoms with Crippen LogP contribution < -0.4 is 5.32 Å². The monoisotopic (exact) mass is 368 g/mol. The predicted molar refractivity (Wildman–Crippen MR) is 94.2 cm³/mol. The molecule has 1 unspecified atom stereocenters. The van der Waals surface area contributed by atoms with Gasteiger partial charge in [0.15, 0.2) is 5.96 Å². The lowest BCUT2D eigenvalue weighted by atomic mass is 10.2. The fourth-order valence-electron chi connectivity index (χ4n) is 2.54. The third kappa shape index (κ3) is 4.97. The summed E-state index contributed by atoms with van der Waals surface area (Å²) in [5.41, 5.74) is 1.24. The van der Waals surface area contributed by atoms with Gasteiger partial charge >= 0.3 is 0 Å². The van der Waals surface area contributed by atoms with Gasteiger partial charge in [-0.2, -0.15) is 0 Å². The second-order valence-electron chi connectivity index (χ2n) is 5.63. The van der Waals surface area contributed by atoms with E-state index in [0.717, 1.165) is 43.2 Å². The number of benzene rings is 1. The topological polar surface area (TPSA) is 40.1 Å². The number of guanidine groups is 1. The van der Waals surface area contributed by atoms with Crippen molar-refractivity contribution in [2.24, 2.45) is 4.99 Å². The maximum absolute atomic E-state index is 5.78. The minimum absolute atomic E-state index is 0.215. The summed E-state index contributed by atoms with van der Waals surface area (Å²) >= 11 is 3.59. The molecule has 1 N–H and O–H groups in total. The van der Waals surface area contributed by atoms with Gasteiger partial charge in [-0.25, -0.2) is 0 Å². The predicted octanol–water partition coefficient (Wildman–Crippen LogP) is 1.79. The Morgan fingerprint density at radius 2 is 2.27 bits per heavy atom. The van der Waals surface area contributed by atoms with Gasteiger partial charge in [0, 0.05) is 44.7 Å². The van der Waals surface area contributed by atoms with Crippen LogP contribution in [0.4, 0.5) is 0 Å². The molecule has 1 heterocycles. The molecular weight excluding hydrogens is 344 g/mol. The van der Waals surface area contributed by atoms with Crippen molar-refractivity contribution in [3.05, 3.63) is 34.3 Å². The van der Waals surface area contributed by atoms with Gasteiger partial charge in [-0.3, -0.25) is 4.99 Å². The van der Waals surface area contributed by atoms with Gasteiger partial charge in [0.2, 0.25) is 0 Å². The smallest absolute Gasteiger partial charge is 0.193 e. The average molecular weight is 369 g/mol. The van der Waals surface area contributed by atoms with Crippen molar-refractivity contribution in [2.45, 2.75) is 12.6 Å². The van der Waals surface area contributed by atoms with Crippen molar-refractivity contribution < 1.29 is 4.74 Å². The van der Waals surface area contributed by atoms with Crippen molar-refractivity contribution in [1.29, 1.82) is 0 Å². The molecule has 1 fully saturated rings. The summed E-state index contributed by atoms with van der Waals surface area (Å²) in [6, 6.07) is 8.26. The van der Waals surface area contributed by atoms with Crippen molar-refractivity contribution >= 4 is 21.9 Å². The van der Waals surface area contributed by atoms with Crippen molar-refractivity contribution in [1.82, 2.24) is 15.1 Å². The summed E-state index contributed by atoms with van der Waals surface area (Å²) in [5, 5.41) is 3.41. The number of halogens is 1. The molecule has 5 nitrogen and oxygen atoms in total. The lowest BCUT2D eigenvalue weighted by Crippen LogP contribution is -2.48. The molecule has 1 aliphatic rings. The van der Waals surface area contributed by atoms with E-state index in [9.17, 15) is 0 Å². The van der Waals surface area contributed by atoms with Crippen LogP contribution in [0.2, 0.25) is 0 Å². The first-order valence-electron chi connectivity index (χ1n) is 7.55. The van der Waals surface area contributed by atoms with Crippen LogP contribution in [0.15, 0.2) is 33.7 Å². The van der Waals surface area contributed by atoms with Gasteiger partial charge in [0.1, 0.15) is 0 Å². The number of hydrogen-bond acceptors (Lipinski definition) is 3. The van der Waals surface area contributed by atoms with Crippen molar-refractivity contribution in [3.63, 3.8) is 0 Å². The molecule has 2 rings (SSSR count). The summed E-state index contributed by atoms with van der Waals surface area (Å²) in [7, 11) is 5.98. The van der Waals surface area contributed by atoms with Gasteiger partial charge in [-0.05, 0) is 18.7 Å². The number of ether oxygens (including phenoxy) is 1. The molecule has 22 heavy (non-hydrogen) atoms. The highest BCUT2D eigenvalue weighted by Crippen LogP contribution is 2.17. The summed E-state index contributed by atoms with van der Waals surface area (Å²) in [6.45, 7) is 4.34.